The number of rotatable bonds is 6. The lowest BCUT2D eigenvalue weighted by Crippen LogP contribution is -2.38. The van der Waals surface area contributed by atoms with E-state index >= 15 is 0 Å². The Balaban J connectivity index is 1.55. The van der Waals surface area contributed by atoms with Gasteiger partial charge in [0, 0.05) is 11.6 Å². The number of aliphatic imine (C=N–C) groups is 2. The third-order valence-electron chi connectivity index (χ3n) is 4.57. The zero-order valence-corrected chi connectivity index (χ0v) is 14.9. The molecule has 2 heterocycles. The van der Waals surface area contributed by atoms with Crippen LogP contribution >= 0.6 is 0 Å². The van der Waals surface area contributed by atoms with Crippen LogP contribution in [0.2, 0.25) is 0 Å². The first kappa shape index (κ1) is 17.3. The summed E-state index contributed by atoms with van der Waals surface area (Å²) < 4.78 is 19.7. The van der Waals surface area contributed by atoms with Gasteiger partial charge in [-0.3, -0.25) is 9.89 Å². The molecule has 0 aromatic heterocycles. The van der Waals surface area contributed by atoms with Crippen LogP contribution in [0.3, 0.4) is 0 Å². The summed E-state index contributed by atoms with van der Waals surface area (Å²) in [5.41, 5.74) is 3.55. The molecule has 1 N–H and O–H groups in total. The summed E-state index contributed by atoms with van der Waals surface area (Å²) in [4.78, 5) is 10.4. The van der Waals surface area contributed by atoms with Crippen molar-refractivity contribution in [3.05, 3.63) is 66.0 Å². The molecule has 0 bridgehead atoms. The summed E-state index contributed by atoms with van der Waals surface area (Å²) in [5.74, 6) is -0.304. The first-order chi connectivity index (χ1) is 13.3. The van der Waals surface area contributed by atoms with Crippen molar-refractivity contribution in [3.63, 3.8) is 0 Å². The number of halogens is 1. The molecular formula is C21H21FN4O. The van der Waals surface area contributed by atoms with Crippen LogP contribution < -0.4 is 10.2 Å². The largest absolute Gasteiger partial charge is 0.465 e. The number of allylic oxidation sites excluding steroid dienone is 1. The monoisotopic (exact) mass is 364 g/mol. The fraction of sp³-hybridized carbons (Fsp3) is 0.238. The number of para-hydroxylation sites is 2. The van der Waals surface area contributed by atoms with E-state index in [1.807, 2.05) is 35.2 Å². The molecule has 2 aliphatic rings. The van der Waals surface area contributed by atoms with Gasteiger partial charge in [0.2, 0.25) is 0 Å². The quantitative estimate of drug-likeness (QED) is 0.455. The number of nitrogens with one attached hydrogen (secondary N) is 1. The fourth-order valence-electron chi connectivity index (χ4n) is 3.32. The van der Waals surface area contributed by atoms with Gasteiger partial charge >= 0.3 is 0 Å². The van der Waals surface area contributed by atoms with E-state index in [1.54, 1.807) is 6.07 Å². The van der Waals surface area contributed by atoms with Gasteiger partial charge in [-0.15, -0.1) is 0 Å². The van der Waals surface area contributed by atoms with Gasteiger partial charge in [-0.25, -0.2) is 4.39 Å². The van der Waals surface area contributed by atoms with Crippen molar-refractivity contribution in [2.45, 2.75) is 19.0 Å². The Morgan fingerprint density at radius 1 is 1.26 bits per heavy atom. The van der Waals surface area contributed by atoms with Crippen molar-refractivity contribution >= 4 is 29.8 Å². The molecule has 2 aliphatic heterocycles. The highest BCUT2D eigenvalue weighted by atomic mass is 19.1. The van der Waals surface area contributed by atoms with E-state index < -0.39 is 0 Å². The minimum absolute atomic E-state index is 0.149. The highest BCUT2D eigenvalue weighted by Gasteiger charge is 2.38. The number of hydrogen-bond acceptors (Lipinski definition) is 5. The highest BCUT2D eigenvalue weighted by Crippen LogP contribution is 2.46. The average molecular weight is 364 g/mol. The zero-order chi connectivity index (χ0) is 18.6. The van der Waals surface area contributed by atoms with E-state index in [9.17, 15) is 4.39 Å². The molecule has 0 spiro atoms. The predicted octanol–water partition coefficient (Wildman–Crippen LogP) is 4.81. The summed E-state index contributed by atoms with van der Waals surface area (Å²) in [6, 6.07) is 13.2. The predicted molar refractivity (Wildman–Crippen MR) is 108 cm³/mol. The Bertz CT molecular complexity index is 909. The first-order valence-electron chi connectivity index (χ1n) is 9.01. The average Bonchev–Trinajstić information content (AvgIpc) is 3.07. The molecule has 1 unspecified atom stereocenters. The molecular weight excluding hydrogens is 343 g/mol. The number of ether oxygens (including phenoxy) is 1. The summed E-state index contributed by atoms with van der Waals surface area (Å²) in [6.45, 7) is 4.61. The summed E-state index contributed by atoms with van der Waals surface area (Å²) in [5, 5.41) is 3.48. The van der Waals surface area contributed by atoms with Crippen LogP contribution in [-0.2, 0) is 4.74 Å². The molecule has 0 saturated heterocycles. The summed E-state index contributed by atoms with van der Waals surface area (Å²) >= 11 is 0. The lowest BCUT2D eigenvalue weighted by atomic mass is 10.1. The molecule has 138 valence electrons. The van der Waals surface area contributed by atoms with E-state index in [0.717, 1.165) is 29.8 Å². The number of nitrogens with zero attached hydrogens (tertiary/aromatic N) is 3. The zero-order valence-electron chi connectivity index (χ0n) is 14.9. The molecule has 6 heteroatoms. The van der Waals surface area contributed by atoms with Crippen LogP contribution in [-0.4, -0.2) is 25.9 Å². The SMILES string of the molecule is C=NC/C=C/CCCOC1=Nc2cc(F)ccc2C2Nc3ccccc3N12. The van der Waals surface area contributed by atoms with E-state index in [-0.39, 0.29) is 12.0 Å². The lowest BCUT2D eigenvalue weighted by Gasteiger charge is -2.32. The molecule has 2 aromatic rings. The molecule has 4 rings (SSSR count). The third-order valence-corrected chi connectivity index (χ3v) is 4.57. The lowest BCUT2D eigenvalue weighted by molar-refractivity contribution is 0.288. The molecule has 27 heavy (non-hydrogen) atoms. The normalized spacial score (nSPS) is 17.0. The van der Waals surface area contributed by atoms with Crippen molar-refractivity contribution in [3.8, 4) is 0 Å². The van der Waals surface area contributed by atoms with Crippen molar-refractivity contribution in [1.29, 1.82) is 0 Å². The maximum absolute atomic E-state index is 13.7. The Morgan fingerprint density at radius 3 is 3.04 bits per heavy atom. The molecule has 0 aliphatic carbocycles. The van der Waals surface area contributed by atoms with Gasteiger partial charge in [0.25, 0.3) is 6.02 Å². The maximum Gasteiger partial charge on any atom is 0.299 e. The van der Waals surface area contributed by atoms with Crippen LogP contribution in [0.15, 0.2) is 64.6 Å². The number of amidine groups is 1. The third kappa shape index (κ3) is 3.43. The van der Waals surface area contributed by atoms with Gasteiger partial charge in [-0.2, -0.15) is 4.99 Å². The number of hydrogen-bond donors (Lipinski definition) is 1. The molecule has 0 saturated carbocycles. The second-order valence-electron chi connectivity index (χ2n) is 6.40. The molecule has 0 radical (unpaired) electrons. The van der Waals surface area contributed by atoms with Gasteiger partial charge in [-0.1, -0.05) is 24.3 Å². The summed E-state index contributed by atoms with van der Waals surface area (Å²) in [6.07, 6.45) is 5.66. The minimum Gasteiger partial charge on any atom is -0.465 e. The maximum atomic E-state index is 13.7. The van der Waals surface area contributed by atoms with E-state index in [0.29, 0.717) is 24.9 Å². The molecule has 5 nitrogen and oxygen atoms in total. The Kier molecular flexibility index (Phi) is 4.87. The minimum atomic E-state index is -0.304. The second kappa shape index (κ2) is 7.61. The Hall–Kier alpha value is -3.15. The molecule has 0 fully saturated rings. The van der Waals surface area contributed by atoms with Gasteiger partial charge in [0.05, 0.1) is 30.2 Å². The van der Waals surface area contributed by atoms with E-state index in [1.165, 1.54) is 12.1 Å². The standard InChI is InChI=1S/C21H21FN4O/c1-23-12-6-2-3-7-13-27-21-25-18-14-15(22)10-11-16(18)20-24-17-8-4-5-9-19(17)26(20)21/h2,4-6,8-11,14,20,24H,1,3,7,12-13H2/b6-2+. The van der Waals surface area contributed by atoms with Crippen LogP contribution in [0.1, 0.15) is 24.6 Å². The molecule has 1 atom stereocenters. The van der Waals surface area contributed by atoms with E-state index in [4.69, 9.17) is 4.74 Å². The van der Waals surface area contributed by atoms with Crippen LogP contribution in [0, 0.1) is 5.82 Å². The number of anilines is 2. The van der Waals surface area contributed by atoms with Crippen molar-refractivity contribution in [1.82, 2.24) is 0 Å². The van der Waals surface area contributed by atoms with Gasteiger partial charge in [-0.05, 0) is 43.8 Å². The summed E-state index contributed by atoms with van der Waals surface area (Å²) in [7, 11) is 0. The van der Waals surface area contributed by atoms with Crippen molar-refractivity contribution in [2.24, 2.45) is 9.98 Å². The van der Waals surface area contributed by atoms with Crippen molar-refractivity contribution in [2.75, 3.05) is 23.4 Å². The molecule has 2 aromatic carbocycles. The van der Waals surface area contributed by atoms with Crippen molar-refractivity contribution < 1.29 is 9.13 Å². The Labute approximate surface area is 157 Å². The second-order valence-corrected chi connectivity index (χ2v) is 6.40. The number of unbranched alkanes of at least 4 members (excludes halogenated alkanes) is 1. The van der Waals surface area contributed by atoms with Crippen LogP contribution in [0.25, 0.3) is 0 Å². The fourth-order valence-corrected chi connectivity index (χ4v) is 3.32. The van der Waals surface area contributed by atoms with Gasteiger partial charge < -0.3 is 10.1 Å². The number of benzene rings is 2. The van der Waals surface area contributed by atoms with Crippen LogP contribution in [0.5, 0.6) is 0 Å². The molecule has 0 amide bonds. The highest BCUT2D eigenvalue weighted by molar-refractivity contribution is 6.02. The first-order valence-corrected chi connectivity index (χ1v) is 9.01. The van der Waals surface area contributed by atoms with Gasteiger partial charge in [0.15, 0.2) is 0 Å². The topological polar surface area (TPSA) is 49.2 Å². The smallest absolute Gasteiger partial charge is 0.299 e. The van der Waals surface area contributed by atoms with Crippen LogP contribution in [0.4, 0.5) is 21.5 Å². The van der Waals surface area contributed by atoms with Gasteiger partial charge in [0.1, 0.15) is 12.0 Å². The Morgan fingerprint density at radius 2 is 2.15 bits per heavy atom. The number of fused-ring (bicyclic) bond motifs is 5. The van der Waals surface area contributed by atoms with E-state index in [2.05, 4.69) is 28.1 Å².